The number of pyridine rings is 1. The summed E-state index contributed by atoms with van der Waals surface area (Å²) in [5, 5.41) is 4.57. The number of nitrogens with zero attached hydrogens (tertiary/aromatic N) is 3. The number of carbonyl (C=O) groups is 2. The summed E-state index contributed by atoms with van der Waals surface area (Å²) in [5.74, 6) is 0.392. The Kier molecular flexibility index (Phi) is 9.11. The van der Waals surface area contributed by atoms with Crippen molar-refractivity contribution in [3.8, 4) is 5.88 Å². The van der Waals surface area contributed by atoms with Gasteiger partial charge >= 0.3 is 0 Å². The van der Waals surface area contributed by atoms with Crippen LogP contribution in [0.25, 0.3) is 10.8 Å². The molecule has 0 aliphatic carbocycles. The van der Waals surface area contributed by atoms with Crippen molar-refractivity contribution < 1.29 is 14.3 Å². The number of rotatable bonds is 6. The van der Waals surface area contributed by atoms with Gasteiger partial charge in [-0.25, -0.2) is 9.29 Å². The summed E-state index contributed by atoms with van der Waals surface area (Å²) in [4.78, 5) is 27.9. The molecule has 1 aliphatic heterocycles. The Morgan fingerprint density at radius 3 is 2.66 bits per heavy atom. The minimum Gasteiger partial charge on any atom is -0.481 e. The van der Waals surface area contributed by atoms with Gasteiger partial charge in [0, 0.05) is 47.5 Å². The maximum absolute atomic E-state index is 10.2. The lowest BCUT2D eigenvalue weighted by Crippen LogP contribution is -2.40. The molecule has 1 fully saturated rings. The molecule has 7 nitrogen and oxygen atoms in total. The number of hydrogen-bond donors (Lipinski definition) is 1. The molecule has 1 aromatic heterocycles. The molecule has 0 bridgehead atoms. The lowest BCUT2D eigenvalue weighted by atomic mass is 10.1. The van der Waals surface area contributed by atoms with Gasteiger partial charge in [0.25, 0.3) is 0 Å². The number of amides is 1. The molecule has 1 saturated heterocycles. The van der Waals surface area contributed by atoms with Crippen LogP contribution in [-0.2, 0) is 9.59 Å². The van der Waals surface area contributed by atoms with Crippen LogP contribution in [0.1, 0.15) is 5.69 Å². The average Bonchev–Trinajstić information content (AvgIpc) is 2.74. The predicted molar refractivity (Wildman–Crippen MR) is 117 cm³/mol. The molecule has 0 spiro atoms. The van der Waals surface area contributed by atoms with E-state index < -0.39 is 0 Å². The number of benzene rings is 1. The number of likely N-dealkylation sites (N-methyl/N-ethyl adjacent to an activating group) is 1. The number of piperazine rings is 1. The van der Waals surface area contributed by atoms with Crippen LogP contribution in [0.15, 0.2) is 41.8 Å². The summed E-state index contributed by atoms with van der Waals surface area (Å²) < 4.78 is 7.87. The zero-order valence-electron chi connectivity index (χ0n) is 17.2. The molecule has 0 unspecified atom stereocenters. The second kappa shape index (κ2) is 11.5. The second-order valence-electron chi connectivity index (χ2n) is 6.56. The van der Waals surface area contributed by atoms with Gasteiger partial charge < -0.3 is 19.7 Å². The molecule has 0 radical (unpaired) electrons. The molecule has 2 aromatic rings. The highest BCUT2D eigenvalue weighted by molar-refractivity contribution is 7.97. The van der Waals surface area contributed by atoms with Gasteiger partial charge in [-0.3, -0.25) is 4.79 Å². The van der Waals surface area contributed by atoms with E-state index in [1.807, 2.05) is 18.9 Å². The van der Waals surface area contributed by atoms with Crippen molar-refractivity contribution in [1.29, 1.82) is 0 Å². The van der Waals surface area contributed by atoms with Gasteiger partial charge in [-0.15, -0.1) is 0 Å². The highest BCUT2D eigenvalue weighted by atomic mass is 32.2. The number of fused-ring (bicyclic) bond motifs is 1. The fourth-order valence-corrected chi connectivity index (χ4v) is 3.84. The zero-order chi connectivity index (χ0) is 21.2. The Balaban J connectivity index is 0.000000321. The third-order valence-corrected chi connectivity index (χ3v) is 5.53. The first-order valence-electron chi connectivity index (χ1n) is 9.38. The number of hydrogen-bond acceptors (Lipinski definition) is 7. The Bertz CT molecular complexity index is 851. The van der Waals surface area contributed by atoms with Gasteiger partial charge in [0.15, 0.2) is 0 Å². The molecule has 29 heavy (non-hydrogen) atoms. The van der Waals surface area contributed by atoms with Gasteiger partial charge in [-0.2, -0.15) is 0 Å². The van der Waals surface area contributed by atoms with E-state index >= 15 is 0 Å². The molecule has 1 amide bonds. The summed E-state index contributed by atoms with van der Waals surface area (Å²) in [6.07, 6.45) is 1.73. The molecular weight excluding hydrogens is 388 g/mol. The van der Waals surface area contributed by atoms with Crippen LogP contribution >= 0.6 is 11.9 Å². The normalized spacial score (nSPS) is 14.6. The fraction of sp³-hybridized carbons (Fsp3) is 0.381. The third kappa shape index (κ3) is 6.85. The Morgan fingerprint density at radius 2 is 2.03 bits per heavy atom. The van der Waals surface area contributed by atoms with Crippen LogP contribution in [0.2, 0.25) is 0 Å². The Labute approximate surface area is 176 Å². The van der Waals surface area contributed by atoms with Crippen LogP contribution in [0.3, 0.4) is 0 Å². The maximum Gasteiger partial charge on any atom is 0.243 e. The van der Waals surface area contributed by atoms with E-state index in [0.717, 1.165) is 43.3 Å². The van der Waals surface area contributed by atoms with E-state index in [2.05, 4.69) is 57.4 Å². The molecule has 1 N–H and O–H groups in total. The molecular formula is C21H28N4O3S. The van der Waals surface area contributed by atoms with E-state index in [1.165, 1.54) is 10.3 Å². The first kappa shape index (κ1) is 22.9. The average molecular weight is 417 g/mol. The number of carbonyl (C=O) groups excluding carboxylic acids is 2. The quantitative estimate of drug-likeness (QED) is 0.440. The molecule has 1 aliphatic rings. The molecule has 1 aromatic carbocycles. The van der Waals surface area contributed by atoms with Crippen LogP contribution in [0, 0.1) is 6.92 Å². The highest BCUT2D eigenvalue weighted by Crippen LogP contribution is 2.34. The minimum atomic E-state index is -0.322. The van der Waals surface area contributed by atoms with Crippen LogP contribution in [0.5, 0.6) is 5.88 Å². The summed E-state index contributed by atoms with van der Waals surface area (Å²) in [6.45, 7) is 9.70. The molecule has 156 valence electrons. The topological polar surface area (TPSA) is 74.8 Å². The van der Waals surface area contributed by atoms with Gasteiger partial charge in [0.2, 0.25) is 11.8 Å². The lowest BCUT2D eigenvalue weighted by molar-refractivity contribution is -0.118. The summed E-state index contributed by atoms with van der Waals surface area (Å²) in [5.41, 5.74) is 0.991. The van der Waals surface area contributed by atoms with Gasteiger partial charge in [-0.1, -0.05) is 12.6 Å². The SMILES string of the molecule is C=CC(=O)NCC=O.COc1nc(C)cc2c(SN3CCN(C)CC3)cccc12. The fourth-order valence-electron chi connectivity index (χ4n) is 2.81. The summed E-state index contributed by atoms with van der Waals surface area (Å²) in [7, 11) is 3.86. The first-order valence-corrected chi connectivity index (χ1v) is 10.2. The van der Waals surface area contributed by atoms with E-state index in [1.54, 1.807) is 7.11 Å². The smallest absolute Gasteiger partial charge is 0.243 e. The number of nitrogens with one attached hydrogen (secondary N) is 1. The predicted octanol–water partition coefficient (Wildman–Crippen LogP) is 2.29. The lowest BCUT2D eigenvalue weighted by Gasteiger charge is -2.31. The van der Waals surface area contributed by atoms with Crippen molar-refractivity contribution in [1.82, 2.24) is 19.5 Å². The van der Waals surface area contributed by atoms with Crippen molar-refractivity contribution in [2.24, 2.45) is 0 Å². The number of aromatic nitrogens is 1. The Hall–Kier alpha value is -2.42. The van der Waals surface area contributed by atoms with E-state index in [-0.39, 0.29) is 12.5 Å². The van der Waals surface area contributed by atoms with Crippen LogP contribution in [-0.4, -0.2) is 73.3 Å². The number of ether oxygens (including phenoxy) is 1. The number of aldehydes is 1. The van der Waals surface area contributed by atoms with Gasteiger partial charge in [0.1, 0.15) is 6.29 Å². The number of methoxy groups -OCH3 is 1. The standard InChI is InChI=1S/C16H21N3OS.C5H7NO2/c1-12-11-14-13(16(17-12)20-3)5-4-6-15(14)21-19-9-7-18(2)8-10-19;1-2-5(8)6-3-4-7/h4-6,11H,7-10H2,1-3H3;2,4H,1,3H2,(H,6,8). The minimum absolute atomic E-state index is 0.0604. The van der Waals surface area contributed by atoms with E-state index in [4.69, 9.17) is 4.74 Å². The summed E-state index contributed by atoms with van der Waals surface area (Å²) >= 11 is 1.85. The Morgan fingerprint density at radius 1 is 1.31 bits per heavy atom. The van der Waals surface area contributed by atoms with Crippen LogP contribution < -0.4 is 10.1 Å². The van der Waals surface area contributed by atoms with Gasteiger partial charge in [0.05, 0.1) is 13.7 Å². The monoisotopic (exact) mass is 416 g/mol. The van der Waals surface area contributed by atoms with Crippen molar-refractivity contribution in [2.75, 3.05) is 46.9 Å². The largest absolute Gasteiger partial charge is 0.481 e. The molecule has 3 rings (SSSR count). The van der Waals surface area contributed by atoms with Crippen molar-refractivity contribution >= 4 is 34.9 Å². The highest BCUT2D eigenvalue weighted by Gasteiger charge is 2.16. The third-order valence-electron chi connectivity index (χ3n) is 4.36. The zero-order valence-corrected chi connectivity index (χ0v) is 18.0. The molecule has 0 saturated carbocycles. The molecule has 8 heteroatoms. The van der Waals surface area contributed by atoms with Crippen LogP contribution in [0.4, 0.5) is 0 Å². The molecule has 0 atom stereocenters. The number of aryl methyl sites for hydroxylation is 1. The maximum atomic E-state index is 10.2. The summed E-state index contributed by atoms with van der Waals surface area (Å²) in [6, 6.07) is 8.50. The van der Waals surface area contributed by atoms with Crippen molar-refractivity contribution in [3.63, 3.8) is 0 Å². The first-order chi connectivity index (χ1) is 14.0. The van der Waals surface area contributed by atoms with E-state index in [0.29, 0.717) is 12.2 Å². The second-order valence-corrected chi connectivity index (χ2v) is 7.70. The van der Waals surface area contributed by atoms with Gasteiger partial charge in [-0.05, 0) is 50.2 Å². The van der Waals surface area contributed by atoms with E-state index in [9.17, 15) is 9.59 Å². The van der Waals surface area contributed by atoms with Crippen molar-refractivity contribution in [2.45, 2.75) is 11.8 Å². The van der Waals surface area contributed by atoms with Crippen molar-refractivity contribution in [3.05, 3.63) is 42.6 Å². The molecule has 2 heterocycles.